The molecule has 0 heterocycles. The molecule has 0 amide bonds. The third-order valence-corrected chi connectivity index (χ3v) is 3.53. The van der Waals surface area contributed by atoms with E-state index in [1.54, 1.807) is 6.92 Å². The Bertz CT molecular complexity index is 622. The van der Waals surface area contributed by atoms with Crippen molar-refractivity contribution in [2.45, 2.75) is 34.3 Å². The summed E-state index contributed by atoms with van der Waals surface area (Å²) < 4.78 is 5.91. The molecule has 0 saturated heterocycles. The van der Waals surface area contributed by atoms with E-state index in [-0.39, 0.29) is 5.78 Å². The molecular weight excluding hydrogens is 248 g/mol. The van der Waals surface area contributed by atoms with Gasteiger partial charge in [-0.15, -0.1) is 0 Å². The summed E-state index contributed by atoms with van der Waals surface area (Å²) in [6.07, 6.45) is 0. The zero-order chi connectivity index (χ0) is 14.7. The summed E-state index contributed by atoms with van der Waals surface area (Å²) in [6, 6.07) is 11.9. The van der Waals surface area contributed by atoms with E-state index in [0.29, 0.717) is 17.9 Å². The van der Waals surface area contributed by atoms with Crippen LogP contribution in [0, 0.1) is 20.8 Å². The molecule has 0 atom stereocenters. The monoisotopic (exact) mass is 268 g/mol. The number of Topliss-reactive ketones (excluding diaryl/α,β-unsaturated/α-hetero) is 1. The van der Waals surface area contributed by atoms with Gasteiger partial charge in [0, 0.05) is 0 Å². The first-order valence-electron chi connectivity index (χ1n) is 6.78. The number of hydrogen-bond acceptors (Lipinski definition) is 2. The van der Waals surface area contributed by atoms with Crippen molar-refractivity contribution in [2.75, 3.05) is 0 Å². The topological polar surface area (TPSA) is 26.3 Å². The fourth-order valence-corrected chi connectivity index (χ4v) is 2.27. The summed E-state index contributed by atoms with van der Waals surface area (Å²) in [4.78, 5) is 11.6. The van der Waals surface area contributed by atoms with Crippen LogP contribution in [0.3, 0.4) is 0 Å². The van der Waals surface area contributed by atoms with Gasteiger partial charge in [-0.25, -0.2) is 0 Å². The van der Waals surface area contributed by atoms with Gasteiger partial charge in [0.2, 0.25) is 0 Å². The molecule has 2 aromatic rings. The van der Waals surface area contributed by atoms with Crippen LogP contribution < -0.4 is 4.74 Å². The molecule has 0 N–H and O–H groups in total. The lowest BCUT2D eigenvalue weighted by Crippen LogP contribution is -2.04. The van der Waals surface area contributed by atoms with Gasteiger partial charge in [0.15, 0.2) is 5.78 Å². The number of rotatable bonds is 4. The first-order chi connectivity index (χ1) is 9.49. The van der Waals surface area contributed by atoms with Crippen molar-refractivity contribution >= 4 is 5.78 Å². The van der Waals surface area contributed by atoms with Crippen LogP contribution in [0.2, 0.25) is 0 Å². The minimum Gasteiger partial charge on any atom is -0.488 e. The van der Waals surface area contributed by atoms with Gasteiger partial charge < -0.3 is 4.74 Å². The van der Waals surface area contributed by atoms with Crippen molar-refractivity contribution in [3.05, 3.63) is 64.2 Å². The number of ether oxygens (including phenoxy) is 1. The van der Waals surface area contributed by atoms with Gasteiger partial charge in [-0.1, -0.05) is 24.3 Å². The summed E-state index contributed by atoms with van der Waals surface area (Å²) >= 11 is 0. The van der Waals surface area contributed by atoms with Gasteiger partial charge in [0.25, 0.3) is 0 Å². The quantitative estimate of drug-likeness (QED) is 0.768. The largest absolute Gasteiger partial charge is 0.488 e. The predicted octanol–water partition coefficient (Wildman–Crippen LogP) is 4.39. The first kappa shape index (κ1) is 14.3. The average molecular weight is 268 g/mol. The van der Waals surface area contributed by atoms with E-state index in [2.05, 4.69) is 26.0 Å². The molecule has 0 aliphatic heterocycles. The Labute approximate surface area is 120 Å². The summed E-state index contributed by atoms with van der Waals surface area (Å²) in [5.41, 5.74) is 5.33. The Morgan fingerprint density at radius 1 is 1.05 bits per heavy atom. The third kappa shape index (κ3) is 3.08. The molecule has 2 nitrogen and oxygen atoms in total. The van der Waals surface area contributed by atoms with E-state index in [1.165, 1.54) is 16.7 Å². The molecule has 104 valence electrons. The van der Waals surface area contributed by atoms with Gasteiger partial charge in [0.05, 0.1) is 5.56 Å². The molecule has 0 aromatic heterocycles. The van der Waals surface area contributed by atoms with Gasteiger partial charge in [0.1, 0.15) is 12.4 Å². The smallest absolute Gasteiger partial charge is 0.163 e. The zero-order valence-corrected chi connectivity index (χ0v) is 12.5. The minimum absolute atomic E-state index is 0.0292. The molecule has 0 aliphatic carbocycles. The number of aryl methyl sites for hydroxylation is 3. The molecule has 2 aromatic carbocycles. The highest BCUT2D eigenvalue weighted by atomic mass is 16.5. The fraction of sp³-hybridized carbons (Fsp3) is 0.278. The standard InChI is InChI=1S/C18H20O2/c1-12-8-9-16(15(4)19)18(10-12)20-11-17-13(2)6-5-7-14(17)3/h5-10H,11H2,1-4H3. The Morgan fingerprint density at radius 2 is 1.70 bits per heavy atom. The van der Waals surface area contributed by atoms with Crippen molar-refractivity contribution in [1.82, 2.24) is 0 Å². The van der Waals surface area contributed by atoms with Crippen LogP contribution in [0.25, 0.3) is 0 Å². The normalized spacial score (nSPS) is 10.4. The Morgan fingerprint density at radius 3 is 2.30 bits per heavy atom. The van der Waals surface area contributed by atoms with Crippen LogP contribution >= 0.6 is 0 Å². The second-order valence-corrected chi connectivity index (χ2v) is 5.21. The molecule has 20 heavy (non-hydrogen) atoms. The Hall–Kier alpha value is -2.09. The highest BCUT2D eigenvalue weighted by molar-refractivity contribution is 5.96. The van der Waals surface area contributed by atoms with E-state index in [4.69, 9.17) is 4.74 Å². The van der Waals surface area contributed by atoms with E-state index < -0.39 is 0 Å². The summed E-state index contributed by atoms with van der Waals surface area (Å²) in [5.74, 6) is 0.696. The molecule has 0 unspecified atom stereocenters. The van der Waals surface area contributed by atoms with Crippen molar-refractivity contribution in [1.29, 1.82) is 0 Å². The molecule has 2 heteroatoms. The van der Waals surface area contributed by atoms with Crippen LogP contribution in [0.4, 0.5) is 0 Å². The average Bonchev–Trinajstić information content (AvgIpc) is 2.37. The number of ketones is 1. The maximum Gasteiger partial charge on any atom is 0.163 e. The van der Waals surface area contributed by atoms with Gasteiger partial charge in [-0.05, 0) is 62.1 Å². The Balaban J connectivity index is 2.27. The van der Waals surface area contributed by atoms with E-state index in [0.717, 1.165) is 5.56 Å². The van der Waals surface area contributed by atoms with Crippen LogP contribution in [-0.4, -0.2) is 5.78 Å². The lowest BCUT2D eigenvalue weighted by atomic mass is 10.0. The third-order valence-electron chi connectivity index (χ3n) is 3.53. The highest BCUT2D eigenvalue weighted by Gasteiger charge is 2.10. The van der Waals surface area contributed by atoms with E-state index >= 15 is 0 Å². The maximum atomic E-state index is 11.6. The van der Waals surface area contributed by atoms with Crippen LogP contribution in [0.15, 0.2) is 36.4 Å². The molecule has 0 aliphatic rings. The van der Waals surface area contributed by atoms with Crippen LogP contribution in [0.1, 0.15) is 39.5 Å². The lowest BCUT2D eigenvalue weighted by molar-refractivity contribution is 0.101. The van der Waals surface area contributed by atoms with Crippen molar-refractivity contribution < 1.29 is 9.53 Å². The first-order valence-corrected chi connectivity index (χ1v) is 6.78. The fourth-order valence-electron chi connectivity index (χ4n) is 2.27. The summed E-state index contributed by atoms with van der Waals surface area (Å²) in [7, 11) is 0. The summed E-state index contributed by atoms with van der Waals surface area (Å²) in [5, 5.41) is 0. The minimum atomic E-state index is 0.0292. The second kappa shape index (κ2) is 5.91. The van der Waals surface area contributed by atoms with Crippen LogP contribution in [0.5, 0.6) is 5.75 Å². The van der Waals surface area contributed by atoms with Crippen molar-refractivity contribution in [3.63, 3.8) is 0 Å². The van der Waals surface area contributed by atoms with Gasteiger partial charge in [-0.3, -0.25) is 4.79 Å². The molecule has 0 radical (unpaired) electrons. The predicted molar refractivity (Wildman–Crippen MR) is 81.4 cm³/mol. The van der Waals surface area contributed by atoms with Gasteiger partial charge >= 0.3 is 0 Å². The van der Waals surface area contributed by atoms with E-state index in [1.807, 2.05) is 31.2 Å². The highest BCUT2D eigenvalue weighted by Crippen LogP contribution is 2.23. The molecule has 0 saturated carbocycles. The molecule has 0 fully saturated rings. The zero-order valence-electron chi connectivity index (χ0n) is 12.5. The van der Waals surface area contributed by atoms with Gasteiger partial charge in [-0.2, -0.15) is 0 Å². The van der Waals surface area contributed by atoms with E-state index in [9.17, 15) is 4.79 Å². The number of hydrogen-bond donors (Lipinski definition) is 0. The molecule has 2 rings (SSSR count). The molecule has 0 spiro atoms. The number of carbonyl (C=O) groups is 1. The van der Waals surface area contributed by atoms with Crippen LogP contribution in [-0.2, 0) is 6.61 Å². The molecule has 0 bridgehead atoms. The second-order valence-electron chi connectivity index (χ2n) is 5.21. The number of carbonyl (C=O) groups excluding carboxylic acids is 1. The SMILES string of the molecule is CC(=O)c1ccc(C)cc1OCc1c(C)cccc1C. The number of benzene rings is 2. The van der Waals surface area contributed by atoms with Crippen molar-refractivity contribution in [2.24, 2.45) is 0 Å². The molecular formula is C18H20O2. The van der Waals surface area contributed by atoms with Crippen molar-refractivity contribution in [3.8, 4) is 5.75 Å². The Kier molecular flexibility index (Phi) is 4.23. The summed E-state index contributed by atoms with van der Waals surface area (Å²) in [6.45, 7) is 8.20. The maximum absolute atomic E-state index is 11.6. The lowest BCUT2D eigenvalue weighted by Gasteiger charge is -2.14.